The van der Waals surface area contributed by atoms with Gasteiger partial charge in [0.25, 0.3) is 5.91 Å². The number of benzene rings is 1. The van der Waals surface area contributed by atoms with E-state index in [0.29, 0.717) is 4.99 Å². The van der Waals surface area contributed by atoms with Crippen molar-refractivity contribution in [2.24, 2.45) is 5.73 Å². The second kappa shape index (κ2) is 5.92. The highest BCUT2D eigenvalue weighted by Crippen LogP contribution is 2.24. The Bertz CT molecular complexity index is 530. The Labute approximate surface area is 126 Å². The Morgan fingerprint density at radius 1 is 1.25 bits per heavy atom. The predicted molar refractivity (Wildman–Crippen MR) is 86.1 cm³/mol. The fourth-order valence-corrected chi connectivity index (χ4v) is 3.38. The zero-order chi connectivity index (χ0) is 14.9. The van der Waals surface area contributed by atoms with Crippen LogP contribution in [0.2, 0.25) is 0 Å². The Hall–Kier alpha value is -1.42. The molecular weight excluding hydrogens is 268 g/mol. The molecule has 1 aromatic carbocycles. The number of carbonyl (C=O) groups is 1. The number of hydrogen-bond acceptors (Lipinski definition) is 2. The van der Waals surface area contributed by atoms with Crippen molar-refractivity contribution in [3.8, 4) is 0 Å². The van der Waals surface area contributed by atoms with Gasteiger partial charge in [0.15, 0.2) is 0 Å². The normalized spacial score (nSPS) is 18.9. The lowest BCUT2D eigenvalue weighted by atomic mass is 9.95. The van der Waals surface area contributed by atoms with Crippen molar-refractivity contribution in [1.82, 2.24) is 4.90 Å². The van der Waals surface area contributed by atoms with Gasteiger partial charge in [-0.25, -0.2) is 0 Å². The number of aryl methyl sites for hydroxylation is 3. The van der Waals surface area contributed by atoms with E-state index < -0.39 is 0 Å². The molecule has 108 valence electrons. The molecule has 2 rings (SSSR count). The molecule has 1 aromatic rings. The van der Waals surface area contributed by atoms with Gasteiger partial charge in [0.1, 0.15) is 0 Å². The molecule has 0 saturated carbocycles. The van der Waals surface area contributed by atoms with Crippen LogP contribution in [0.15, 0.2) is 12.1 Å². The molecule has 0 bridgehead atoms. The quantitative estimate of drug-likeness (QED) is 0.852. The number of thiocarbonyl (C=S) groups is 1. The van der Waals surface area contributed by atoms with Gasteiger partial charge in [0.05, 0.1) is 11.0 Å². The monoisotopic (exact) mass is 290 g/mol. The van der Waals surface area contributed by atoms with E-state index in [1.165, 1.54) is 5.56 Å². The summed E-state index contributed by atoms with van der Waals surface area (Å²) < 4.78 is 0. The van der Waals surface area contributed by atoms with Crippen LogP contribution in [0.1, 0.15) is 46.3 Å². The lowest BCUT2D eigenvalue weighted by molar-refractivity contribution is 0.0680. The maximum absolute atomic E-state index is 12.9. The van der Waals surface area contributed by atoms with E-state index in [1.54, 1.807) is 0 Å². The summed E-state index contributed by atoms with van der Waals surface area (Å²) >= 11 is 5.13. The number of amides is 1. The number of rotatable bonds is 2. The first-order valence-corrected chi connectivity index (χ1v) is 7.50. The zero-order valence-electron chi connectivity index (χ0n) is 12.4. The van der Waals surface area contributed by atoms with Crippen LogP contribution < -0.4 is 5.73 Å². The predicted octanol–water partition coefficient (Wildman–Crippen LogP) is 2.89. The number of likely N-dealkylation sites (tertiary alicyclic amines) is 1. The molecule has 0 spiro atoms. The molecule has 1 aliphatic rings. The van der Waals surface area contributed by atoms with Crippen LogP contribution in [0.4, 0.5) is 0 Å². The highest BCUT2D eigenvalue weighted by atomic mass is 32.1. The Morgan fingerprint density at radius 2 is 1.85 bits per heavy atom. The third-order valence-electron chi connectivity index (χ3n) is 3.98. The highest BCUT2D eigenvalue weighted by Gasteiger charge is 2.30. The standard InChI is InChI=1S/C16H22N2OS/c1-10-8-11(2)14(12(3)9-10)16(19)18-7-5-4-6-13(18)15(17)20/h8-9,13H,4-7H2,1-3H3,(H2,17,20). The van der Waals surface area contributed by atoms with E-state index in [1.807, 2.05) is 25.7 Å². The van der Waals surface area contributed by atoms with Crippen LogP contribution in [0.5, 0.6) is 0 Å². The fraction of sp³-hybridized carbons (Fsp3) is 0.500. The SMILES string of the molecule is Cc1cc(C)c(C(=O)N2CCCCC2C(N)=S)c(C)c1. The van der Waals surface area contributed by atoms with Gasteiger partial charge in [-0.05, 0) is 51.2 Å². The minimum Gasteiger partial charge on any atom is -0.392 e. The van der Waals surface area contributed by atoms with Crippen molar-refractivity contribution < 1.29 is 4.79 Å². The molecule has 1 atom stereocenters. The molecule has 0 radical (unpaired) electrons. The fourth-order valence-electron chi connectivity index (χ4n) is 3.13. The number of nitrogens with two attached hydrogens (primary N) is 1. The zero-order valence-corrected chi connectivity index (χ0v) is 13.2. The first-order valence-electron chi connectivity index (χ1n) is 7.10. The Morgan fingerprint density at radius 3 is 2.40 bits per heavy atom. The van der Waals surface area contributed by atoms with Crippen LogP contribution in [0.3, 0.4) is 0 Å². The molecule has 1 saturated heterocycles. The molecule has 1 unspecified atom stereocenters. The first-order chi connectivity index (χ1) is 9.41. The molecule has 4 heteroatoms. The Balaban J connectivity index is 2.37. The summed E-state index contributed by atoms with van der Waals surface area (Å²) in [6.45, 7) is 6.78. The van der Waals surface area contributed by atoms with E-state index in [-0.39, 0.29) is 11.9 Å². The third-order valence-corrected chi connectivity index (χ3v) is 4.26. The first kappa shape index (κ1) is 15.0. The van der Waals surface area contributed by atoms with Gasteiger partial charge in [0.2, 0.25) is 0 Å². The number of hydrogen-bond donors (Lipinski definition) is 1. The van der Waals surface area contributed by atoms with Gasteiger partial charge in [-0.15, -0.1) is 0 Å². The molecule has 1 aliphatic heterocycles. The summed E-state index contributed by atoms with van der Waals surface area (Å²) in [5, 5.41) is 0. The van der Waals surface area contributed by atoms with E-state index in [0.717, 1.165) is 42.5 Å². The van der Waals surface area contributed by atoms with Gasteiger partial charge in [-0.3, -0.25) is 4.79 Å². The highest BCUT2D eigenvalue weighted by molar-refractivity contribution is 7.80. The van der Waals surface area contributed by atoms with Gasteiger partial charge in [-0.1, -0.05) is 29.9 Å². The lowest BCUT2D eigenvalue weighted by Crippen LogP contribution is -2.50. The summed E-state index contributed by atoms with van der Waals surface area (Å²) in [5.41, 5.74) is 9.85. The maximum atomic E-state index is 12.9. The van der Waals surface area contributed by atoms with Gasteiger partial charge in [-0.2, -0.15) is 0 Å². The third kappa shape index (κ3) is 2.85. The van der Waals surface area contributed by atoms with Crippen molar-refractivity contribution >= 4 is 23.1 Å². The van der Waals surface area contributed by atoms with Crippen LogP contribution in [0.25, 0.3) is 0 Å². The van der Waals surface area contributed by atoms with Gasteiger partial charge < -0.3 is 10.6 Å². The van der Waals surface area contributed by atoms with Crippen LogP contribution in [-0.4, -0.2) is 28.4 Å². The molecule has 3 nitrogen and oxygen atoms in total. The molecule has 2 N–H and O–H groups in total. The summed E-state index contributed by atoms with van der Waals surface area (Å²) in [7, 11) is 0. The van der Waals surface area contributed by atoms with E-state index >= 15 is 0 Å². The van der Waals surface area contributed by atoms with Crippen LogP contribution in [-0.2, 0) is 0 Å². The van der Waals surface area contributed by atoms with Gasteiger partial charge >= 0.3 is 0 Å². The van der Waals surface area contributed by atoms with Crippen LogP contribution in [0, 0.1) is 20.8 Å². The summed E-state index contributed by atoms with van der Waals surface area (Å²) in [4.78, 5) is 15.2. The molecule has 0 aromatic heterocycles. The van der Waals surface area contributed by atoms with Crippen molar-refractivity contribution in [2.75, 3.05) is 6.54 Å². The van der Waals surface area contributed by atoms with Crippen molar-refractivity contribution in [2.45, 2.75) is 46.1 Å². The molecule has 0 aliphatic carbocycles. The topological polar surface area (TPSA) is 46.3 Å². The second-order valence-electron chi connectivity index (χ2n) is 5.69. The molecule has 1 fully saturated rings. The van der Waals surface area contributed by atoms with E-state index in [4.69, 9.17) is 18.0 Å². The number of carbonyl (C=O) groups excluding carboxylic acids is 1. The number of piperidine rings is 1. The summed E-state index contributed by atoms with van der Waals surface area (Å²) in [5.74, 6) is 0.0671. The second-order valence-corrected chi connectivity index (χ2v) is 6.16. The Kier molecular flexibility index (Phi) is 4.43. The van der Waals surface area contributed by atoms with Crippen LogP contribution >= 0.6 is 12.2 Å². The summed E-state index contributed by atoms with van der Waals surface area (Å²) in [6, 6.07) is 4.02. The van der Waals surface area contributed by atoms with Crippen molar-refractivity contribution in [3.63, 3.8) is 0 Å². The number of nitrogens with zero attached hydrogens (tertiary/aromatic N) is 1. The average Bonchev–Trinajstić information content (AvgIpc) is 2.37. The van der Waals surface area contributed by atoms with Crippen molar-refractivity contribution in [1.29, 1.82) is 0 Å². The minimum absolute atomic E-state index is 0.0671. The summed E-state index contributed by atoms with van der Waals surface area (Å²) in [6.07, 6.45) is 2.98. The van der Waals surface area contributed by atoms with E-state index in [9.17, 15) is 4.79 Å². The minimum atomic E-state index is -0.0913. The van der Waals surface area contributed by atoms with Crippen molar-refractivity contribution in [3.05, 3.63) is 34.4 Å². The molecule has 20 heavy (non-hydrogen) atoms. The maximum Gasteiger partial charge on any atom is 0.254 e. The van der Waals surface area contributed by atoms with E-state index in [2.05, 4.69) is 12.1 Å². The lowest BCUT2D eigenvalue weighted by Gasteiger charge is -2.35. The molecule has 1 heterocycles. The van der Waals surface area contributed by atoms with Gasteiger partial charge in [0, 0.05) is 12.1 Å². The molecular formula is C16H22N2OS. The molecule has 1 amide bonds. The average molecular weight is 290 g/mol. The smallest absolute Gasteiger partial charge is 0.254 e. The largest absolute Gasteiger partial charge is 0.392 e.